The van der Waals surface area contributed by atoms with Crippen LogP contribution in [0.5, 0.6) is 0 Å². The molecule has 110 valence electrons. The first-order chi connectivity index (χ1) is 10.1. The van der Waals surface area contributed by atoms with Crippen molar-refractivity contribution < 1.29 is 19.4 Å². The second kappa shape index (κ2) is 6.81. The number of pyridine rings is 1. The Morgan fingerprint density at radius 2 is 2.00 bits per heavy atom. The molecule has 0 fully saturated rings. The molecule has 1 aromatic carbocycles. The Kier molecular flexibility index (Phi) is 4.84. The summed E-state index contributed by atoms with van der Waals surface area (Å²) in [6, 6.07) is 10.8. The van der Waals surface area contributed by atoms with E-state index in [4.69, 9.17) is 9.84 Å². The second-order valence-electron chi connectivity index (χ2n) is 4.50. The number of hydrogen-bond donors (Lipinski definition) is 1. The van der Waals surface area contributed by atoms with Gasteiger partial charge in [-0.2, -0.15) is 0 Å². The Labute approximate surface area is 122 Å². The number of fused-ring (bicyclic) bond motifs is 1. The molecule has 2 aromatic rings. The van der Waals surface area contributed by atoms with Gasteiger partial charge in [0.25, 0.3) is 5.91 Å². The van der Waals surface area contributed by atoms with E-state index in [1.807, 2.05) is 24.3 Å². The molecule has 0 unspecified atom stereocenters. The summed E-state index contributed by atoms with van der Waals surface area (Å²) in [5.41, 5.74) is 0.927. The summed E-state index contributed by atoms with van der Waals surface area (Å²) < 4.78 is 4.90. The third-order valence-corrected chi connectivity index (χ3v) is 3.00. The van der Waals surface area contributed by atoms with Crippen molar-refractivity contribution in [3.8, 4) is 0 Å². The maximum absolute atomic E-state index is 12.4. The third-order valence-electron chi connectivity index (χ3n) is 3.00. The number of hydrogen-bond acceptors (Lipinski definition) is 4. The highest BCUT2D eigenvalue weighted by molar-refractivity contribution is 5.96. The zero-order valence-corrected chi connectivity index (χ0v) is 11.7. The average Bonchev–Trinajstić information content (AvgIpc) is 2.50. The predicted molar refractivity (Wildman–Crippen MR) is 77.2 cm³/mol. The minimum absolute atomic E-state index is 0.205. The van der Waals surface area contributed by atoms with Gasteiger partial charge in [0.15, 0.2) is 0 Å². The number of methoxy groups -OCH3 is 1. The van der Waals surface area contributed by atoms with Gasteiger partial charge in [-0.05, 0) is 12.1 Å². The molecule has 1 amide bonds. The molecule has 1 aromatic heterocycles. The van der Waals surface area contributed by atoms with E-state index in [0.717, 1.165) is 5.39 Å². The molecule has 0 radical (unpaired) electrons. The summed E-state index contributed by atoms with van der Waals surface area (Å²) in [6.07, 6.45) is 0. The number of ether oxygens (including phenoxy) is 1. The zero-order valence-electron chi connectivity index (χ0n) is 11.7. The van der Waals surface area contributed by atoms with Gasteiger partial charge in [-0.3, -0.25) is 9.59 Å². The summed E-state index contributed by atoms with van der Waals surface area (Å²) in [5, 5.41) is 9.82. The number of carboxylic acid groups (broad SMARTS) is 1. The predicted octanol–water partition coefficient (Wildman–Crippen LogP) is 1.41. The fourth-order valence-electron chi connectivity index (χ4n) is 1.96. The van der Waals surface area contributed by atoms with E-state index >= 15 is 0 Å². The molecular formula is C15H16N2O4. The van der Waals surface area contributed by atoms with Crippen LogP contribution in [0.3, 0.4) is 0 Å². The summed E-state index contributed by atoms with van der Waals surface area (Å²) in [7, 11) is 1.50. The number of nitrogens with zero attached hydrogens (tertiary/aromatic N) is 2. The number of carbonyl (C=O) groups is 2. The quantitative estimate of drug-likeness (QED) is 0.869. The normalized spacial score (nSPS) is 10.5. The maximum Gasteiger partial charge on any atom is 0.323 e. The topological polar surface area (TPSA) is 79.7 Å². The fraction of sp³-hybridized carbons (Fsp3) is 0.267. The van der Waals surface area contributed by atoms with Crippen LogP contribution in [-0.2, 0) is 9.53 Å². The summed E-state index contributed by atoms with van der Waals surface area (Å²) in [6.45, 7) is 0.0967. The van der Waals surface area contributed by atoms with E-state index < -0.39 is 11.9 Å². The summed E-state index contributed by atoms with van der Waals surface area (Å²) in [4.78, 5) is 28.7. The molecule has 0 saturated carbocycles. The Hall–Kier alpha value is -2.47. The van der Waals surface area contributed by atoms with Crippen LogP contribution in [-0.4, -0.2) is 53.7 Å². The van der Waals surface area contributed by atoms with Crippen molar-refractivity contribution in [1.82, 2.24) is 9.88 Å². The van der Waals surface area contributed by atoms with E-state index in [-0.39, 0.29) is 25.4 Å². The van der Waals surface area contributed by atoms with Crippen molar-refractivity contribution in [2.75, 3.05) is 26.8 Å². The van der Waals surface area contributed by atoms with Gasteiger partial charge in [0, 0.05) is 19.0 Å². The van der Waals surface area contributed by atoms with Gasteiger partial charge in [-0.25, -0.2) is 4.98 Å². The van der Waals surface area contributed by atoms with Crippen LogP contribution in [0.4, 0.5) is 0 Å². The lowest BCUT2D eigenvalue weighted by Gasteiger charge is -2.19. The van der Waals surface area contributed by atoms with Crippen LogP contribution >= 0.6 is 0 Å². The van der Waals surface area contributed by atoms with E-state index in [0.29, 0.717) is 5.52 Å². The standard InChI is InChI=1S/C15H16N2O4/c1-21-9-8-17(10-14(18)19)15(20)13-7-6-11-4-2-3-5-12(11)16-13/h2-7H,8-10H2,1H3,(H,18,19). The van der Waals surface area contributed by atoms with Gasteiger partial charge in [0.05, 0.1) is 12.1 Å². The van der Waals surface area contributed by atoms with E-state index in [1.165, 1.54) is 12.0 Å². The highest BCUT2D eigenvalue weighted by atomic mass is 16.5. The highest BCUT2D eigenvalue weighted by Gasteiger charge is 2.19. The largest absolute Gasteiger partial charge is 0.480 e. The lowest BCUT2D eigenvalue weighted by Crippen LogP contribution is -2.38. The molecule has 21 heavy (non-hydrogen) atoms. The smallest absolute Gasteiger partial charge is 0.323 e. The number of aliphatic carboxylic acids is 1. The molecule has 0 aliphatic rings. The van der Waals surface area contributed by atoms with E-state index in [2.05, 4.69) is 4.98 Å². The number of rotatable bonds is 6. The second-order valence-corrected chi connectivity index (χ2v) is 4.50. The molecule has 0 saturated heterocycles. The molecule has 0 spiro atoms. The molecule has 6 nitrogen and oxygen atoms in total. The van der Waals surface area contributed by atoms with Crippen molar-refractivity contribution in [3.63, 3.8) is 0 Å². The monoisotopic (exact) mass is 288 g/mol. The van der Waals surface area contributed by atoms with Gasteiger partial charge in [0.1, 0.15) is 12.2 Å². The molecule has 2 rings (SSSR count). The van der Waals surface area contributed by atoms with Crippen LogP contribution < -0.4 is 0 Å². The Balaban J connectivity index is 2.26. The van der Waals surface area contributed by atoms with Crippen LogP contribution in [0.15, 0.2) is 36.4 Å². The first kappa shape index (κ1) is 14.9. The molecule has 0 aliphatic carbocycles. The van der Waals surface area contributed by atoms with Crippen molar-refractivity contribution >= 4 is 22.8 Å². The summed E-state index contributed by atoms with van der Waals surface area (Å²) in [5.74, 6) is -1.49. The lowest BCUT2D eigenvalue weighted by molar-refractivity contribution is -0.137. The number of amides is 1. The van der Waals surface area contributed by atoms with Crippen LogP contribution in [0.2, 0.25) is 0 Å². The Morgan fingerprint density at radius 1 is 1.24 bits per heavy atom. The fourth-order valence-corrected chi connectivity index (χ4v) is 1.96. The first-order valence-corrected chi connectivity index (χ1v) is 6.47. The van der Waals surface area contributed by atoms with Crippen LogP contribution in [0, 0.1) is 0 Å². The SMILES string of the molecule is COCCN(CC(=O)O)C(=O)c1ccc2ccccc2n1. The Bertz CT molecular complexity index is 657. The minimum Gasteiger partial charge on any atom is -0.480 e. The molecule has 1 N–H and O–H groups in total. The minimum atomic E-state index is -1.07. The van der Waals surface area contributed by atoms with Gasteiger partial charge < -0.3 is 14.7 Å². The number of aromatic nitrogens is 1. The van der Waals surface area contributed by atoms with Gasteiger partial charge in [-0.1, -0.05) is 24.3 Å². The molecule has 6 heteroatoms. The summed E-state index contributed by atoms with van der Waals surface area (Å²) >= 11 is 0. The van der Waals surface area contributed by atoms with Crippen molar-refractivity contribution in [3.05, 3.63) is 42.1 Å². The molecule has 0 atom stereocenters. The van der Waals surface area contributed by atoms with E-state index in [1.54, 1.807) is 12.1 Å². The van der Waals surface area contributed by atoms with Crippen LogP contribution in [0.1, 0.15) is 10.5 Å². The van der Waals surface area contributed by atoms with Crippen LogP contribution in [0.25, 0.3) is 10.9 Å². The average molecular weight is 288 g/mol. The molecule has 1 heterocycles. The lowest BCUT2D eigenvalue weighted by atomic mass is 10.2. The highest BCUT2D eigenvalue weighted by Crippen LogP contribution is 2.13. The maximum atomic E-state index is 12.4. The molecule has 0 bridgehead atoms. The van der Waals surface area contributed by atoms with Gasteiger partial charge >= 0.3 is 5.97 Å². The number of carboxylic acids is 1. The number of carbonyl (C=O) groups excluding carboxylic acids is 1. The van der Waals surface area contributed by atoms with E-state index in [9.17, 15) is 9.59 Å². The molecule has 0 aliphatic heterocycles. The van der Waals surface area contributed by atoms with Gasteiger partial charge in [0.2, 0.25) is 0 Å². The van der Waals surface area contributed by atoms with Crippen molar-refractivity contribution in [2.24, 2.45) is 0 Å². The molecular weight excluding hydrogens is 272 g/mol. The van der Waals surface area contributed by atoms with Crippen molar-refractivity contribution in [1.29, 1.82) is 0 Å². The number of benzene rings is 1. The van der Waals surface area contributed by atoms with Crippen molar-refractivity contribution in [2.45, 2.75) is 0 Å². The third kappa shape index (κ3) is 3.76. The Morgan fingerprint density at radius 3 is 2.71 bits per heavy atom. The first-order valence-electron chi connectivity index (χ1n) is 6.47. The number of para-hydroxylation sites is 1. The zero-order chi connectivity index (χ0) is 15.2. The van der Waals surface area contributed by atoms with Gasteiger partial charge in [-0.15, -0.1) is 0 Å².